The van der Waals surface area contributed by atoms with Gasteiger partial charge in [0.1, 0.15) is 18.0 Å². The van der Waals surface area contributed by atoms with Crippen molar-refractivity contribution in [2.24, 2.45) is 0 Å². The van der Waals surface area contributed by atoms with E-state index in [1.54, 1.807) is 56.5 Å². The first kappa shape index (κ1) is 28.2. The van der Waals surface area contributed by atoms with Crippen molar-refractivity contribution >= 4 is 28.8 Å². The number of rotatable bonds is 9. The lowest BCUT2D eigenvalue weighted by atomic mass is 9.98. The fourth-order valence-electron chi connectivity index (χ4n) is 6.13. The highest BCUT2D eigenvalue weighted by atomic mass is 16.3. The molecule has 4 aromatic rings. The summed E-state index contributed by atoms with van der Waals surface area (Å²) >= 11 is 0. The molecule has 3 amide bonds. The molecule has 0 radical (unpaired) electrons. The maximum atomic E-state index is 14.2. The number of amides is 3. The number of H-pyrrole nitrogens is 1. The van der Waals surface area contributed by atoms with Crippen molar-refractivity contribution in [3.8, 4) is 5.75 Å². The van der Waals surface area contributed by atoms with E-state index in [2.05, 4.69) is 16.5 Å². The smallest absolute Gasteiger partial charge is 0.246 e. The van der Waals surface area contributed by atoms with Gasteiger partial charge in [0, 0.05) is 25.9 Å². The van der Waals surface area contributed by atoms with Crippen molar-refractivity contribution < 1.29 is 19.5 Å². The zero-order chi connectivity index (χ0) is 29.9. The molecule has 0 spiro atoms. The number of nitrogens with one attached hydrogen (secondary N) is 1. The maximum absolute atomic E-state index is 14.2. The third kappa shape index (κ3) is 5.74. The first-order valence-corrected chi connectivity index (χ1v) is 14.4. The van der Waals surface area contributed by atoms with Crippen LogP contribution in [0.1, 0.15) is 23.1 Å². The molecular weight excluding hydrogens is 544 g/mol. The summed E-state index contributed by atoms with van der Waals surface area (Å²) in [5.74, 6) is -0.417. The van der Waals surface area contributed by atoms with Crippen molar-refractivity contribution in [3.63, 3.8) is 0 Å². The average Bonchev–Trinajstić information content (AvgIpc) is 3.50. The zero-order valence-electron chi connectivity index (χ0n) is 23.8. The van der Waals surface area contributed by atoms with Gasteiger partial charge >= 0.3 is 0 Å². The van der Waals surface area contributed by atoms with Crippen LogP contribution in [0, 0.1) is 0 Å². The third-order valence-electron chi connectivity index (χ3n) is 8.16. The number of aromatic amines is 1. The number of imidazole rings is 1. The molecule has 0 unspecified atom stereocenters. The number of carbonyl (C=O) groups excluding carboxylic acids is 3. The summed E-state index contributed by atoms with van der Waals surface area (Å²) in [7, 11) is 0. The van der Waals surface area contributed by atoms with Gasteiger partial charge in [0.25, 0.3) is 0 Å². The monoisotopic (exact) mass is 578 g/mol. The lowest BCUT2D eigenvalue weighted by Gasteiger charge is -2.55. The topological polar surface area (TPSA) is 113 Å². The van der Waals surface area contributed by atoms with Gasteiger partial charge in [-0.05, 0) is 41.3 Å². The Labute approximate surface area is 249 Å². The fourth-order valence-corrected chi connectivity index (χ4v) is 6.13. The van der Waals surface area contributed by atoms with Gasteiger partial charge < -0.3 is 19.9 Å². The van der Waals surface area contributed by atoms with E-state index in [1.165, 1.54) is 0 Å². The van der Waals surface area contributed by atoms with Crippen molar-refractivity contribution in [1.82, 2.24) is 29.8 Å². The second-order valence-electron chi connectivity index (χ2n) is 11.0. The molecule has 1 aromatic heterocycles. The van der Waals surface area contributed by atoms with Crippen LogP contribution in [0.2, 0.25) is 0 Å². The molecule has 6 rings (SSSR count). The number of aromatic hydroxyl groups is 1. The molecule has 2 saturated heterocycles. The van der Waals surface area contributed by atoms with Crippen molar-refractivity contribution in [1.29, 1.82) is 0 Å². The van der Waals surface area contributed by atoms with E-state index in [4.69, 9.17) is 0 Å². The van der Waals surface area contributed by atoms with Crippen LogP contribution in [0.5, 0.6) is 5.75 Å². The second-order valence-corrected chi connectivity index (χ2v) is 11.0. The van der Waals surface area contributed by atoms with E-state index >= 15 is 0 Å². The standard InChI is InChI=1S/C33H34N6O4/c1-2-17-37-21-31(42)38-28(18-24-11-14-26(40)15-12-24)33(43)36(19-25-9-6-10-27-32(25)35-22-34-27)20-29(38)39(37)30(41)16-13-23-7-4-3-5-8-23/h2-12,14-15,22,28-29,40H,1,13,16-21H2,(H,34,35)/t28-,29-/m0/s1. The number of nitrogens with zero attached hydrogens (tertiary/aromatic N) is 5. The first-order valence-electron chi connectivity index (χ1n) is 14.4. The Morgan fingerprint density at radius 2 is 1.81 bits per heavy atom. The summed E-state index contributed by atoms with van der Waals surface area (Å²) in [6.07, 6.45) is 3.67. The van der Waals surface area contributed by atoms with Crippen LogP contribution in [-0.4, -0.2) is 84.5 Å². The minimum absolute atomic E-state index is 0.0362. The number of hydrazine groups is 1. The number of piperazine rings is 1. The molecule has 220 valence electrons. The number of phenols is 1. The Balaban J connectivity index is 1.36. The number of hydrogen-bond acceptors (Lipinski definition) is 6. The van der Waals surface area contributed by atoms with Crippen LogP contribution in [0.25, 0.3) is 11.0 Å². The predicted molar refractivity (Wildman–Crippen MR) is 161 cm³/mol. The van der Waals surface area contributed by atoms with E-state index in [0.717, 1.165) is 27.7 Å². The Hall–Kier alpha value is -4.96. The summed E-state index contributed by atoms with van der Waals surface area (Å²) in [6.45, 7) is 4.57. The van der Waals surface area contributed by atoms with Gasteiger partial charge in [0.15, 0.2) is 0 Å². The van der Waals surface area contributed by atoms with Gasteiger partial charge in [-0.15, -0.1) is 6.58 Å². The normalized spacial score (nSPS) is 19.1. The van der Waals surface area contributed by atoms with Crippen molar-refractivity contribution in [2.45, 2.75) is 38.0 Å². The summed E-state index contributed by atoms with van der Waals surface area (Å²) in [5, 5.41) is 13.2. The molecule has 10 nitrogen and oxygen atoms in total. The van der Waals surface area contributed by atoms with Gasteiger partial charge in [0.2, 0.25) is 17.7 Å². The molecule has 0 saturated carbocycles. The maximum Gasteiger partial charge on any atom is 0.246 e. The van der Waals surface area contributed by atoms with E-state index in [0.29, 0.717) is 13.0 Å². The fraction of sp³-hybridized carbons (Fsp3) is 0.273. The van der Waals surface area contributed by atoms with Crippen LogP contribution in [0.4, 0.5) is 0 Å². The Morgan fingerprint density at radius 1 is 1.02 bits per heavy atom. The number of phenolic OH excluding ortho intramolecular Hbond substituents is 1. The molecule has 2 aliphatic rings. The van der Waals surface area contributed by atoms with Crippen LogP contribution in [-0.2, 0) is 33.8 Å². The molecule has 2 aliphatic heterocycles. The van der Waals surface area contributed by atoms with E-state index in [1.807, 2.05) is 48.5 Å². The quantitative estimate of drug-likeness (QED) is 0.295. The molecule has 3 heterocycles. The molecule has 2 atom stereocenters. The summed E-state index contributed by atoms with van der Waals surface area (Å²) in [6, 6.07) is 21.4. The highest BCUT2D eigenvalue weighted by Gasteiger charge is 2.51. The number of carbonyl (C=O) groups is 3. The molecular formula is C33H34N6O4. The minimum Gasteiger partial charge on any atom is -0.508 e. The summed E-state index contributed by atoms with van der Waals surface area (Å²) in [5.41, 5.74) is 4.36. The third-order valence-corrected chi connectivity index (χ3v) is 8.16. The predicted octanol–water partition coefficient (Wildman–Crippen LogP) is 3.25. The van der Waals surface area contributed by atoms with Crippen LogP contribution in [0.15, 0.2) is 91.8 Å². The zero-order valence-corrected chi connectivity index (χ0v) is 23.8. The minimum atomic E-state index is -0.829. The van der Waals surface area contributed by atoms with Gasteiger partial charge in [-0.1, -0.05) is 60.7 Å². The highest BCUT2D eigenvalue weighted by molar-refractivity contribution is 5.92. The van der Waals surface area contributed by atoms with Gasteiger partial charge in [-0.25, -0.2) is 15.0 Å². The Kier molecular flexibility index (Phi) is 7.93. The SMILES string of the molecule is C=CCN1CC(=O)N2[C@@H](Cc3ccc(O)cc3)C(=O)N(Cc3cccc4[nH]cnc34)C[C@@H]2N1C(=O)CCc1ccccc1. The van der Waals surface area contributed by atoms with E-state index in [-0.39, 0.29) is 55.9 Å². The molecule has 43 heavy (non-hydrogen) atoms. The number of aromatic nitrogens is 2. The number of hydrogen-bond donors (Lipinski definition) is 2. The van der Waals surface area contributed by atoms with E-state index < -0.39 is 12.2 Å². The number of aryl methyl sites for hydroxylation is 1. The largest absolute Gasteiger partial charge is 0.508 e. The van der Waals surface area contributed by atoms with Gasteiger partial charge in [-0.3, -0.25) is 14.4 Å². The van der Waals surface area contributed by atoms with Crippen molar-refractivity contribution in [2.75, 3.05) is 19.6 Å². The van der Waals surface area contributed by atoms with Crippen LogP contribution in [0.3, 0.4) is 0 Å². The lowest BCUT2D eigenvalue weighted by molar-refractivity contribution is -0.205. The molecule has 3 aromatic carbocycles. The lowest BCUT2D eigenvalue weighted by Crippen LogP contribution is -2.75. The van der Waals surface area contributed by atoms with Crippen LogP contribution >= 0.6 is 0 Å². The average molecular weight is 579 g/mol. The summed E-state index contributed by atoms with van der Waals surface area (Å²) < 4.78 is 0. The number of fused-ring (bicyclic) bond motifs is 2. The first-order chi connectivity index (χ1) is 20.9. The second kappa shape index (κ2) is 12.1. The highest BCUT2D eigenvalue weighted by Crippen LogP contribution is 2.31. The molecule has 10 heteroatoms. The Morgan fingerprint density at radius 3 is 2.58 bits per heavy atom. The molecule has 0 aliphatic carbocycles. The number of benzene rings is 3. The van der Waals surface area contributed by atoms with E-state index in [9.17, 15) is 19.5 Å². The van der Waals surface area contributed by atoms with Gasteiger partial charge in [0.05, 0.1) is 30.5 Å². The number of para-hydroxylation sites is 1. The van der Waals surface area contributed by atoms with Crippen molar-refractivity contribution in [3.05, 3.63) is 108 Å². The summed E-state index contributed by atoms with van der Waals surface area (Å²) in [4.78, 5) is 52.8. The van der Waals surface area contributed by atoms with Gasteiger partial charge in [-0.2, -0.15) is 0 Å². The Bertz CT molecular complexity index is 1640. The molecule has 2 N–H and O–H groups in total. The molecule has 0 bridgehead atoms. The van der Waals surface area contributed by atoms with Crippen LogP contribution < -0.4 is 0 Å². The molecule has 2 fully saturated rings.